The summed E-state index contributed by atoms with van der Waals surface area (Å²) in [6.45, 7) is 8.81. The van der Waals surface area contributed by atoms with Crippen LogP contribution in [0.5, 0.6) is 0 Å². The van der Waals surface area contributed by atoms with Gasteiger partial charge in [0.15, 0.2) is 0 Å². The molecule has 0 atom stereocenters. The zero-order chi connectivity index (χ0) is 33.1. The third kappa shape index (κ3) is 3.21. The summed E-state index contributed by atoms with van der Waals surface area (Å²) in [5.74, 6) is 0. The van der Waals surface area contributed by atoms with Gasteiger partial charge in [-0.25, -0.2) is 4.85 Å². The first-order chi connectivity index (χ1) is 24.8. The molecule has 0 fully saturated rings. The fourth-order valence-electron chi connectivity index (χ4n) is 8.93. The quantitative estimate of drug-likeness (QED) is 0.141. The van der Waals surface area contributed by atoms with Gasteiger partial charge in [0.25, 0.3) is 6.71 Å². The van der Waals surface area contributed by atoms with Crippen molar-refractivity contribution in [2.24, 2.45) is 0 Å². The molecule has 5 nitrogen and oxygen atoms in total. The SMILES string of the molecule is [C-]#[N+]c1c(-n2c3ccccc3c3ccccc32)c(C#N)c2c3c1-n1c4ccccc4c4cccc(c41)B3c1ccccc1N2c1ccccc1. The summed E-state index contributed by atoms with van der Waals surface area (Å²) in [7, 11) is 0. The van der Waals surface area contributed by atoms with Crippen molar-refractivity contribution in [3.05, 3.63) is 163 Å². The maximum atomic E-state index is 11.5. The number of nitrogens with zero attached hydrogens (tertiary/aromatic N) is 5. The van der Waals surface area contributed by atoms with Crippen LogP contribution in [0.1, 0.15) is 5.56 Å². The Morgan fingerprint density at radius 3 is 1.78 bits per heavy atom. The monoisotopic (exact) mass is 633 g/mol. The molecule has 7 aromatic carbocycles. The summed E-state index contributed by atoms with van der Waals surface area (Å²) in [5.41, 5.74) is 12.6. The molecule has 9 aromatic rings. The number of rotatable bonds is 2. The lowest BCUT2D eigenvalue weighted by atomic mass is 9.33. The van der Waals surface area contributed by atoms with Crippen LogP contribution < -0.4 is 21.3 Å². The van der Waals surface area contributed by atoms with Crippen molar-refractivity contribution in [1.82, 2.24) is 9.13 Å². The summed E-state index contributed by atoms with van der Waals surface area (Å²) >= 11 is 0. The van der Waals surface area contributed by atoms with Crippen molar-refractivity contribution < 1.29 is 0 Å². The molecule has 4 heterocycles. The van der Waals surface area contributed by atoms with Crippen LogP contribution >= 0.6 is 0 Å². The van der Waals surface area contributed by atoms with Gasteiger partial charge >= 0.3 is 0 Å². The molecular formula is C44H24BN5. The van der Waals surface area contributed by atoms with Gasteiger partial charge < -0.3 is 14.0 Å². The molecule has 0 N–H and O–H groups in total. The zero-order valence-electron chi connectivity index (χ0n) is 26.7. The van der Waals surface area contributed by atoms with Crippen molar-refractivity contribution in [3.63, 3.8) is 0 Å². The van der Waals surface area contributed by atoms with E-state index < -0.39 is 0 Å². The van der Waals surface area contributed by atoms with Crippen molar-refractivity contribution >= 4 is 89.5 Å². The molecule has 0 aliphatic carbocycles. The van der Waals surface area contributed by atoms with Crippen LogP contribution in [0.2, 0.25) is 0 Å². The Hall–Kier alpha value is -7.02. The van der Waals surface area contributed by atoms with Crippen molar-refractivity contribution in [1.29, 1.82) is 5.26 Å². The molecule has 0 radical (unpaired) electrons. The summed E-state index contributed by atoms with van der Waals surface area (Å²) in [6, 6.07) is 53.3. The van der Waals surface area contributed by atoms with Gasteiger partial charge in [-0.1, -0.05) is 109 Å². The van der Waals surface area contributed by atoms with E-state index in [0.717, 1.165) is 77.3 Å². The maximum Gasteiger partial charge on any atom is 0.250 e. The number of aromatic nitrogens is 2. The van der Waals surface area contributed by atoms with E-state index in [1.165, 1.54) is 5.46 Å². The second kappa shape index (κ2) is 9.76. The second-order valence-electron chi connectivity index (χ2n) is 13.0. The van der Waals surface area contributed by atoms with Crippen LogP contribution in [0.15, 0.2) is 146 Å². The number of hydrogen-bond donors (Lipinski definition) is 0. The molecule has 228 valence electrons. The van der Waals surface area contributed by atoms with Gasteiger partial charge in [-0.2, -0.15) is 5.26 Å². The number of anilines is 3. The second-order valence-corrected chi connectivity index (χ2v) is 13.0. The third-order valence-corrected chi connectivity index (χ3v) is 10.7. The van der Waals surface area contributed by atoms with Crippen LogP contribution in [-0.4, -0.2) is 15.8 Å². The minimum Gasteiger partial charge on any atom is -0.320 e. The normalized spacial score (nSPS) is 12.7. The lowest BCUT2D eigenvalue weighted by Gasteiger charge is -2.42. The van der Waals surface area contributed by atoms with Gasteiger partial charge in [0, 0.05) is 38.4 Å². The highest BCUT2D eigenvalue weighted by atomic mass is 15.2. The number of para-hydroxylation sites is 6. The lowest BCUT2D eigenvalue weighted by molar-refractivity contribution is 1.13. The molecule has 0 saturated carbocycles. The highest BCUT2D eigenvalue weighted by Gasteiger charge is 2.45. The fraction of sp³-hybridized carbons (Fsp3) is 0. The Kier molecular flexibility index (Phi) is 5.27. The van der Waals surface area contributed by atoms with E-state index in [-0.39, 0.29) is 6.71 Å². The average molecular weight is 634 g/mol. The Bertz CT molecular complexity index is 2980. The van der Waals surface area contributed by atoms with E-state index in [1.807, 2.05) is 30.3 Å². The Morgan fingerprint density at radius 1 is 0.540 bits per heavy atom. The maximum absolute atomic E-state index is 11.5. The third-order valence-electron chi connectivity index (χ3n) is 10.7. The summed E-state index contributed by atoms with van der Waals surface area (Å²) in [6.07, 6.45) is 0. The number of hydrogen-bond acceptors (Lipinski definition) is 2. The van der Waals surface area contributed by atoms with Crippen molar-refractivity contribution in [3.8, 4) is 17.4 Å². The first-order valence-corrected chi connectivity index (χ1v) is 16.8. The Labute approximate surface area is 288 Å². The van der Waals surface area contributed by atoms with Crippen molar-refractivity contribution in [2.45, 2.75) is 0 Å². The molecule has 0 saturated heterocycles. The van der Waals surface area contributed by atoms with E-state index in [1.54, 1.807) is 0 Å². The molecule has 6 heteroatoms. The summed E-state index contributed by atoms with van der Waals surface area (Å²) in [4.78, 5) is 6.69. The average Bonchev–Trinajstić information content (AvgIpc) is 3.69. The van der Waals surface area contributed by atoms with Gasteiger partial charge in [-0.3, -0.25) is 0 Å². The van der Waals surface area contributed by atoms with Crippen LogP contribution in [0, 0.1) is 17.9 Å². The lowest BCUT2D eigenvalue weighted by Crippen LogP contribution is -2.60. The Morgan fingerprint density at radius 2 is 1.10 bits per heavy atom. The van der Waals surface area contributed by atoms with Gasteiger partial charge in [-0.05, 0) is 52.8 Å². The zero-order valence-corrected chi connectivity index (χ0v) is 26.7. The van der Waals surface area contributed by atoms with E-state index in [0.29, 0.717) is 16.9 Å². The number of fused-ring (bicyclic) bond motifs is 10. The first kappa shape index (κ1) is 27.0. The standard InChI is InChI=1S/C44H24BN5/c1-47-40-43(49-35-22-9-5-16-28(35)29-17-6-10-23-36(29)49)32(26-46)42-39-44(40)50-37-24-11-7-18-30(37)31-19-13-21-34(41(31)50)45(39)33-20-8-12-25-38(33)48(42)27-14-3-2-4-15-27/h2-25H. The number of benzene rings is 7. The highest BCUT2D eigenvalue weighted by Crippen LogP contribution is 2.50. The van der Waals surface area contributed by atoms with Crippen LogP contribution in [-0.2, 0) is 0 Å². The molecule has 2 aliphatic heterocycles. The van der Waals surface area contributed by atoms with Gasteiger partial charge in [0.1, 0.15) is 6.07 Å². The van der Waals surface area contributed by atoms with Crippen LogP contribution in [0.25, 0.3) is 59.8 Å². The van der Waals surface area contributed by atoms with E-state index in [4.69, 9.17) is 6.57 Å². The highest BCUT2D eigenvalue weighted by molar-refractivity contribution is 7.00. The number of nitriles is 1. The molecule has 2 aromatic heterocycles. The largest absolute Gasteiger partial charge is 0.320 e. The van der Waals surface area contributed by atoms with Crippen LogP contribution in [0.4, 0.5) is 22.7 Å². The van der Waals surface area contributed by atoms with E-state index in [9.17, 15) is 5.26 Å². The van der Waals surface area contributed by atoms with Gasteiger partial charge in [-0.15, -0.1) is 0 Å². The molecule has 0 bridgehead atoms. The molecule has 11 rings (SSSR count). The fourth-order valence-corrected chi connectivity index (χ4v) is 8.93. The first-order valence-electron chi connectivity index (χ1n) is 16.8. The minimum absolute atomic E-state index is 0.184. The minimum atomic E-state index is -0.184. The Balaban J connectivity index is 1.45. The molecular weight excluding hydrogens is 609 g/mol. The van der Waals surface area contributed by atoms with Crippen LogP contribution in [0.3, 0.4) is 0 Å². The van der Waals surface area contributed by atoms with Gasteiger partial charge in [0.2, 0.25) is 5.69 Å². The van der Waals surface area contributed by atoms with Gasteiger partial charge in [0.05, 0.1) is 45.7 Å². The summed E-state index contributed by atoms with van der Waals surface area (Å²) < 4.78 is 4.48. The molecule has 0 spiro atoms. The molecule has 2 aliphatic rings. The predicted molar refractivity (Wildman–Crippen MR) is 205 cm³/mol. The predicted octanol–water partition coefficient (Wildman–Crippen LogP) is 8.92. The van der Waals surface area contributed by atoms with Crippen molar-refractivity contribution in [2.75, 3.05) is 4.90 Å². The topological polar surface area (TPSA) is 41.2 Å². The van der Waals surface area contributed by atoms with E-state index in [2.05, 4.69) is 140 Å². The smallest absolute Gasteiger partial charge is 0.250 e. The molecule has 0 unspecified atom stereocenters. The molecule has 0 amide bonds. The summed E-state index contributed by atoms with van der Waals surface area (Å²) in [5, 5.41) is 16.0. The molecule has 50 heavy (non-hydrogen) atoms. The van der Waals surface area contributed by atoms with E-state index >= 15 is 0 Å².